The van der Waals surface area contributed by atoms with Gasteiger partial charge in [-0.05, 0) is 103 Å². The molecule has 0 saturated carbocycles. The van der Waals surface area contributed by atoms with Crippen LogP contribution in [0.15, 0.2) is 179 Å². The summed E-state index contributed by atoms with van der Waals surface area (Å²) in [6.45, 7) is 8.24. The predicted molar refractivity (Wildman–Crippen MR) is 243 cm³/mol. The van der Waals surface area contributed by atoms with Crippen molar-refractivity contribution in [3.8, 4) is 22.3 Å². The lowest BCUT2D eigenvalue weighted by molar-refractivity contribution is 0.656. The Morgan fingerprint density at radius 1 is 0.561 bits per heavy atom. The quantitative estimate of drug-likeness (QED) is 0.153. The van der Waals surface area contributed by atoms with Gasteiger partial charge in [0.15, 0.2) is 0 Å². The van der Waals surface area contributed by atoms with Gasteiger partial charge in [0.2, 0.25) is 0 Å². The predicted octanol–water partition coefficient (Wildman–Crippen LogP) is 15.5. The molecule has 0 aliphatic rings. The molecular weight excluding hydrogens is 697 g/mol. The average molecular weight is 735 g/mol. The fourth-order valence-corrected chi connectivity index (χ4v) is 8.95. The summed E-state index contributed by atoms with van der Waals surface area (Å²) < 4.78 is 17.9. The number of aromatic nitrogens is 2. The molecule has 11 rings (SSSR count). The summed E-state index contributed by atoms with van der Waals surface area (Å²) in [5, 5.41) is 9.16. The smallest absolute Gasteiger partial charge is 0.143 e. The Labute approximate surface area is 329 Å². The SMILES string of the molecule is C=C/C=C(\C=C/C)n1c2ccccc2c2cc(-c3cc(-c4ccc5c(c4)c4ccccc4n5/C=C/CC)cc4c3oc3cc5oc6ccccc6c5cc34)ccc21. The number of furan rings is 2. The number of benzene rings is 7. The van der Waals surface area contributed by atoms with Gasteiger partial charge in [-0.1, -0.05) is 98.5 Å². The summed E-state index contributed by atoms with van der Waals surface area (Å²) in [4.78, 5) is 0. The van der Waals surface area contributed by atoms with Crippen LogP contribution in [0.5, 0.6) is 0 Å². The number of nitrogens with zero attached hydrogens (tertiary/aromatic N) is 2. The number of hydrogen-bond donors (Lipinski definition) is 0. The van der Waals surface area contributed by atoms with Gasteiger partial charge in [0, 0.05) is 66.6 Å². The molecule has 0 N–H and O–H groups in total. The largest absolute Gasteiger partial charge is 0.456 e. The number of fused-ring (bicyclic) bond motifs is 12. The molecule has 4 heterocycles. The summed E-state index contributed by atoms with van der Waals surface area (Å²) in [5.74, 6) is 0. The van der Waals surface area contributed by atoms with Gasteiger partial charge >= 0.3 is 0 Å². The van der Waals surface area contributed by atoms with Crippen LogP contribution < -0.4 is 0 Å². The first-order valence-corrected chi connectivity index (χ1v) is 19.6. The highest BCUT2D eigenvalue weighted by atomic mass is 16.3. The Balaban J connectivity index is 1.20. The highest BCUT2D eigenvalue weighted by Gasteiger charge is 2.20. The lowest BCUT2D eigenvalue weighted by atomic mass is 9.94. The molecule has 0 saturated heterocycles. The zero-order valence-corrected chi connectivity index (χ0v) is 31.8. The monoisotopic (exact) mass is 734 g/mol. The Bertz CT molecular complexity index is 3540. The zero-order valence-electron chi connectivity index (χ0n) is 31.8. The highest BCUT2D eigenvalue weighted by molar-refractivity contribution is 6.19. The Morgan fingerprint density at radius 3 is 2.02 bits per heavy atom. The van der Waals surface area contributed by atoms with Gasteiger partial charge < -0.3 is 18.0 Å². The fraction of sp³-hybridized carbons (Fsp3) is 0.0566. The van der Waals surface area contributed by atoms with Gasteiger partial charge in [-0.2, -0.15) is 0 Å². The molecule has 4 nitrogen and oxygen atoms in total. The molecule has 0 aliphatic carbocycles. The van der Waals surface area contributed by atoms with E-state index in [4.69, 9.17) is 8.83 Å². The maximum atomic E-state index is 6.90. The van der Waals surface area contributed by atoms with Crippen molar-refractivity contribution in [3.63, 3.8) is 0 Å². The molecule has 0 amide bonds. The lowest BCUT2D eigenvalue weighted by Gasteiger charge is -2.11. The van der Waals surface area contributed by atoms with Crippen LogP contribution in [0.1, 0.15) is 20.3 Å². The second kappa shape index (κ2) is 12.9. The first kappa shape index (κ1) is 33.1. The minimum atomic E-state index is 0.805. The van der Waals surface area contributed by atoms with Gasteiger partial charge in [-0.15, -0.1) is 0 Å². The van der Waals surface area contributed by atoms with Crippen LogP contribution in [0.3, 0.4) is 0 Å². The van der Waals surface area contributed by atoms with Gasteiger partial charge in [0.1, 0.15) is 22.3 Å². The van der Waals surface area contributed by atoms with Crippen molar-refractivity contribution in [2.45, 2.75) is 20.3 Å². The molecule has 272 valence electrons. The maximum Gasteiger partial charge on any atom is 0.143 e. The topological polar surface area (TPSA) is 36.1 Å². The van der Waals surface area contributed by atoms with E-state index in [1.165, 1.54) is 32.6 Å². The van der Waals surface area contributed by atoms with E-state index in [1.54, 1.807) is 0 Å². The first-order chi connectivity index (χ1) is 28.1. The van der Waals surface area contributed by atoms with Crippen molar-refractivity contribution in [2.24, 2.45) is 0 Å². The molecule has 4 heteroatoms. The molecule has 0 atom stereocenters. The summed E-state index contributed by atoms with van der Waals surface area (Å²) in [6, 6.07) is 48.2. The number of allylic oxidation sites excluding steroid dienone is 6. The number of rotatable bonds is 7. The van der Waals surface area contributed by atoms with Crippen LogP contribution in [0, 0.1) is 0 Å². The van der Waals surface area contributed by atoms with Crippen LogP contribution in [-0.4, -0.2) is 9.13 Å². The summed E-state index contributed by atoms with van der Waals surface area (Å²) in [5.41, 5.74) is 13.5. The Kier molecular flexibility index (Phi) is 7.48. The summed E-state index contributed by atoms with van der Waals surface area (Å²) in [7, 11) is 0. The average Bonchev–Trinajstić information content (AvgIpc) is 3.98. The van der Waals surface area contributed by atoms with Crippen molar-refractivity contribution in [1.29, 1.82) is 0 Å². The van der Waals surface area contributed by atoms with Crippen molar-refractivity contribution >= 4 is 99.4 Å². The van der Waals surface area contributed by atoms with Crippen LogP contribution in [0.25, 0.3) is 122 Å². The minimum Gasteiger partial charge on any atom is -0.456 e. The second-order valence-corrected chi connectivity index (χ2v) is 14.8. The van der Waals surface area contributed by atoms with E-state index in [0.29, 0.717) is 0 Å². The van der Waals surface area contributed by atoms with Crippen LogP contribution >= 0.6 is 0 Å². The first-order valence-electron chi connectivity index (χ1n) is 19.6. The molecule has 57 heavy (non-hydrogen) atoms. The highest BCUT2D eigenvalue weighted by Crippen LogP contribution is 2.44. The molecule has 4 aromatic heterocycles. The Morgan fingerprint density at radius 2 is 1.19 bits per heavy atom. The zero-order chi connectivity index (χ0) is 38.2. The fourth-order valence-electron chi connectivity index (χ4n) is 8.95. The molecule has 7 aromatic carbocycles. The van der Waals surface area contributed by atoms with E-state index in [2.05, 4.69) is 174 Å². The second-order valence-electron chi connectivity index (χ2n) is 14.8. The van der Waals surface area contributed by atoms with Crippen molar-refractivity contribution in [3.05, 3.63) is 170 Å². The third kappa shape index (κ3) is 5.00. The van der Waals surface area contributed by atoms with E-state index in [9.17, 15) is 0 Å². The van der Waals surface area contributed by atoms with Crippen LogP contribution in [0.4, 0.5) is 0 Å². The molecule has 0 radical (unpaired) electrons. The van der Waals surface area contributed by atoms with Gasteiger partial charge in [0.05, 0.1) is 22.1 Å². The normalized spacial score (nSPS) is 12.8. The molecule has 0 aliphatic heterocycles. The standard InChI is InChI=1S/C53H38N2O2/c1-4-7-26-54-46-19-11-8-16-37(46)41-27-33(22-24-47(41)54)35-29-40(53-45(30-35)44-31-43-39-18-10-13-21-50(39)56-51(43)32-52(44)57-53)34-23-25-49-42(28-34)38-17-9-12-20-48(38)55(49)36(14-5-2)15-6-3/h5-32H,2,4H2,1,3H3/b15-6-,26-7+,36-14+. The maximum absolute atomic E-state index is 6.90. The molecule has 0 fully saturated rings. The number of hydrogen-bond acceptors (Lipinski definition) is 2. The van der Waals surface area contributed by atoms with E-state index in [1.807, 2.05) is 25.1 Å². The van der Waals surface area contributed by atoms with E-state index < -0.39 is 0 Å². The molecule has 11 aromatic rings. The molecule has 0 spiro atoms. The van der Waals surface area contributed by atoms with Crippen LogP contribution in [-0.2, 0) is 0 Å². The Hall–Kier alpha value is -7.30. The minimum absolute atomic E-state index is 0.805. The molecular formula is C53H38N2O2. The number of para-hydroxylation sites is 3. The van der Waals surface area contributed by atoms with Gasteiger partial charge in [0.25, 0.3) is 0 Å². The van der Waals surface area contributed by atoms with Crippen molar-refractivity contribution < 1.29 is 8.83 Å². The third-order valence-electron chi connectivity index (χ3n) is 11.5. The van der Waals surface area contributed by atoms with Crippen molar-refractivity contribution in [1.82, 2.24) is 9.13 Å². The summed E-state index contributed by atoms with van der Waals surface area (Å²) >= 11 is 0. The molecule has 0 unspecified atom stereocenters. The van der Waals surface area contributed by atoms with E-state index in [0.717, 1.165) is 89.3 Å². The third-order valence-corrected chi connectivity index (χ3v) is 11.5. The van der Waals surface area contributed by atoms with Crippen LogP contribution in [0.2, 0.25) is 0 Å². The van der Waals surface area contributed by atoms with Gasteiger partial charge in [-0.3, -0.25) is 0 Å². The van der Waals surface area contributed by atoms with E-state index in [-0.39, 0.29) is 0 Å². The van der Waals surface area contributed by atoms with E-state index >= 15 is 0 Å². The van der Waals surface area contributed by atoms with Gasteiger partial charge in [-0.25, -0.2) is 0 Å². The van der Waals surface area contributed by atoms with Crippen molar-refractivity contribution in [2.75, 3.05) is 0 Å². The molecule has 0 bridgehead atoms. The summed E-state index contributed by atoms with van der Waals surface area (Å²) in [6.07, 6.45) is 13.5. The lowest BCUT2D eigenvalue weighted by Crippen LogP contribution is -1.94.